The molecule has 10 heavy (non-hydrogen) atoms. The molecule has 1 nitrogen and oxygen atoms in total. The Kier molecular flexibility index (Phi) is 1.99. The van der Waals surface area contributed by atoms with Crippen LogP contribution < -0.4 is 0 Å². The van der Waals surface area contributed by atoms with Crippen LogP contribution in [0.4, 0.5) is 4.39 Å². The number of ether oxygens (including phenoxy) is 1. The predicted octanol–water partition coefficient (Wildman–Crippen LogP) is 2.02. The van der Waals surface area contributed by atoms with Gasteiger partial charge in [0.2, 0.25) is 0 Å². The first-order chi connectivity index (χ1) is 4.52. The second-order valence-corrected chi connectivity index (χ2v) is 4.03. The van der Waals surface area contributed by atoms with E-state index in [-0.39, 0.29) is 11.3 Å². The van der Waals surface area contributed by atoms with Gasteiger partial charge in [0.25, 0.3) is 0 Å². The maximum Gasteiger partial charge on any atom is 0.129 e. The Morgan fingerprint density at radius 2 is 1.90 bits per heavy atom. The third-order valence-electron chi connectivity index (χ3n) is 2.12. The Labute approximate surface area is 61.6 Å². The smallest absolute Gasteiger partial charge is 0.129 e. The lowest BCUT2D eigenvalue weighted by Crippen LogP contribution is -2.27. The summed E-state index contributed by atoms with van der Waals surface area (Å²) in [6.45, 7) is 7.05. The van der Waals surface area contributed by atoms with E-state index in [0.29, 0.717) is 13.2 Å². The van der Waals surface area contributed by atoms with E-state index in [1.807, 2.05) is 0 Å². The molecule has 2 atom stereocenters. The monoisotopic (exact) mass is 146 g/mol. The number of hydrogen-bond acceptors (Lipinski definition) is 1. The van der Waals surface area contributed by atoms with Crippen molar-refractivity contribution < 1.29 is 9.13 Å². The second kappa shape index (κ2) is 2.50. The molecular weight excluding hydrogens is 131 g/mol. The molecule has 0 N–H and O–H groups in total. The van der Waals surface area contributed by atoms with Crippen LogP contribution in [0.25, 0.3) is 0 Å². The van der Waals surface area contributed by atoms with Crippen molar-refractivity contribution in [3.63, 3.8) is 0 Å². The average molecular weight is 146 g/mol. The predicted molar refractivity (Wildman–Crippen MR) is 38.7 cm³/mol. The lowest BCUT2D eigenvalue weighted by Gasteiger charge is -2.26. The van der Waals surface area contributed by atoms with Crippen molar-refractivity contribution in [2.75, 3.05) is 13.2 Å². The van der Waals surface area contributed by atoms with E-state index in [9.17, 15) is 4.39 Å². The quantitative estimate of drug-likeness (QED) is 0.508. The molecule has 0 bridgehead atoms. The molecule has 1 fully saturated rings. The Bertz CT molecular complexity index is 117. The summed E-state index contributed by atoms with van der Waals surface area (Å²) >= 11 is 0. The van der Waals surface area contributed by atoms with Gasteiger partial charge in [-0.25, -0.2) is 4.39 Å². The first-order valence-corrected chi connectivity index (χ1v) is 3.73. The third-order valence-corrected chi connectivity index (χ3v) is 2.12. The topological polar surface area (TPSA) is 9.23 Å². The minimum Gasteiger partial charge on any atom is -0.378 e. The van der Waals surface area contributed by atoms with Gasteiger partial charge in [0, 0.05) is 5.92 Å². The zero-order valence-corrected chi connectivity index (χ0v) is 6.86. The fourth-order valence-electron chi connectivity index (χ4n) is 1.32. The number of alkyl halides is 1. The molecule has 0 amide bonds. The third kappa shape index (κ3) is 1.48. The molecule has 1 rings (SSSR count). The molecule has 60 valence electrons. The van der Waals surface area contributed by atoms with Crippen LogP contribution >= 0.6 is 0 Å². The summed E-state index contributed by atoms with van der Waals surface area (Å²) < 4.78 is 18.0. The van der Waals surface area contributed by atoms with E-state index < -0.39 is 6.17 Å². The molecule has 1 aliphatic heterocycles. The lowest BCUT2D eigenvalue weighted by molar-refractivity contribution is 0.146. The summed E-state index contributed by atoms with van der Waals surface area (Å²) in [7, 11) is 0. The first-order valence-electron chi connectivity index (χ1n) is 3.73. The van der Waals surface area contributed by atoms with Crippen molar-refractivity contribution in [1.29, 1.82) is 0 Å². The van der Waals surface area contributed by atoms with Gasteiger partial charge in [-0.15, -0.1) is 0 Å². The van der Waals surface area contributed by atoms with E-state index in [1.165, 1.54) is 0 Å². The molecule has 0 aromatic rings. The summed E-state index contributed by atoms with van der Waals surface area (Å²) in [5.41, 5.74) is 0.0515. The van der Waals surface area contributed by atoms with Gasteiger partial charge >= 0.3 is 0 Å². The Hall–Kier alpha value is -0.110. The molecule has 1 aliphatic rings. The molecule has 0 aromatic carbocycles. The highest BCUT2D eigenvalue weighted by atomic mass is 19.1. The first kappa shape index (κ1) is 7.99. The molecule has 1 saturated heterocycles. The van der Waals surface area contributed by atoms with Crippen molar-refractivity contribution in [1.82, 2.24) is 0 Å². The molecule has 0 saturated carbocycles. The summed E-state index contributed by atoms with van der Waals surface area (Å²) in [4.78, 5) is 0. The van der Waals surface area contributed by atoms with Crippen LogP contribution in [-0.2, 0) is 4.74 Å². The van der Waals surface area contributed by atoms with E-state index >= 15 is 0 Å². The maximum atomic E-state index is 13.0. The van der Waals surface area contributed by atoms with Crippen molar-refractivity contribution >= 4 is 0 Å². The van der Waals surface area contributed by atoms with Crippen LogP contribution in [0.5, 0.6) is 0 Å². The van der Waals surface area contributed by atoms with Crippen molar-refractivity contribution in [3.8, 4) is 0 Å². The fraction of sp³-hybridized carbons (Fsp3) is 1.00. The van der Waals surface area contributed by atoms with Gasteiger partial charge in [0.1, 0.15) is 6.17 Å². The van der Waals surface area contributed by atoms with Crippen LogP contribution in [0.15, 0.2) is 0 Å². The van der Waals surface area contributed by atoms with Gasteiger partial charge in [-0.3, -0.25) is 0 Å². The molecule has 2 heteroatoms. The Morgan fingerprint density at radius 1 is 1.30 bits per heavy atom. The zero-order valence-electron chi connectivity index (χ0n) is 6.86. The summed E-state index contributed by atoms with van der Waals surface area (Å²) in [6.07, 6.45) is -0.750. The van der Waals surface area contributed by atoms with Crippen LogP contribution in [0.3, 0.4) is 0 Å². The summed E-state index contributed by atoms with van der Waals surface area (Å²) in [5, 5.41) is 0. The molecule has 0 unspecified atom stereocenters. The zero-order chi connectivity index (χ0) is 7.78. The lowest BCUT2D eigenvalue weighted by atomic mass is 9.80. The Morgan fingerprint density at radius 3 is 2.10 bits per heavy atom. The van der Waals surface area contributed by atoms with Crippen molar-refractivity contribution in [2.45, 2.75) is 26.9 Å². The normalized spacial score (nSPS) is 34.8. The van der Waals surface area contributed by atoms with E-state index in [1.54, 1.807) is 0 Å². The summed E-state index contributed by atoms with van der Waals surface area (Å²) in [6, 6.07) is 0. The fourth-order valence-corrected chi connectivity index (χ4v) is 1.32. The van der Waals surface area contributed by atoms with Crippen LogP contribution in [-0.4, -0.2) is 19.4 Å². The maximum absolute atomic E-state index is 13.0. The summed E-state index contributed by atoms with van der Waals surface area (Å²) in [5.74, 6) is 0.0903. The van der Waals surface area contributed by atoms with Crippen LogP contribution in [0.2, 0.25) is 0 Å². The van der Waals surface area contributed by atoms with E-state index in [0.717, 1.165) is 0 Å². The van der Waals surface area contributed by atoms with Crippen LogP contribution in [0, 0.1) is 11.3 Å². The molecule has 0 aliphatic carbocycles. The number of halogens is 1. The van der Waals surface area contributed by atoms with E-state index in [4.69, 9.17) is 4.74 Å². The minimum absolute atomic E-state index is 0.0515. The van der Waals surface area contributed by atoms with Gasteiger partial charge in [-0.05, 0) is 5.41 Å². The largest absolute Gasteiger partial charge is 0.378 e. The van der Waals surface area contributed by atoms with E-state index in [2.05, 4.69) is 20.8 Å². The van der Waals surface area contributed by atoms with Crippen molar-refractivity contribution in [3.05, 3.63) is 0 Å². The van der Waals surface area contributed by atoms with Gasteiger partial charge in [0.15, 0.2) is 0 Å². The molecule has 0 spiro atoms. The highest BCUT2D eigenvalue weighted by Gasteiger charge is 2.36. The van der Waals surface area contributed by atoms with Crippen LogP contribution in [0.1, 0.15) is 20.8 Å². The van der Waals surface area contributed by atoms with Gasteiger partial charge in [0.05, 0.1) is 13.2 Å². The van der Waals surface area contributed by atoms with Gasteiger partial charge < -0.3 is 4.74 Å². The standard InChI is InChI=1S/C8H15FO/c1-8(2,3)6-4-10-5-7(6)9/h6-7H,4-5H2,1-3H3/t6-,7-/m1/s1. The molecule has 0 aromatic heterocycles. The Balaban J connectivity index is 2.55. The SMILES string of the molecule is CC(C)(C)[C@@H]1COC[C@H]1F. The highest BCUT2D eigenvalue weighted by molar-refractivity contribution is 4.83. The van der Waals surface area contributed by atoms with Gasteiger partial charge in [-0.2, -0.15) is 0 Å². The molecule has 1 heterocycles. The highest BCUT2D eigenvalue weighted by Crippen LogP contribution is 2.33. The second-order valence-electron chi connectivity index (χ2n) is 4.03. The molecule has 0 radical (unpaired) electrons. The number of rotatable bonds is 0. The molecular formula is C8H15FO. The number of hydrogen-bond donors (Lipinski definition) is 0. The van der Waals surface area contributed by atoms with Gasteiger partial charge in [-0.1, -0.05) is 20.8 Å². The van der Waals surface area contributed by atoms with Crippen molar-refractivity contribution in [2.24, 2.45) is 11.3 Å². The average Bonchev–Trinajstić information content (AvgIpc) is 2.11. The minimum atomic E-state index is -0.750.